The summed E-state index contributed by atoms with van der Waals surface area (Å²) in [6.45, 7) is 0. The van der Waals surface area contributed by atoms with Crippen molar-refractivity contribution in [1.82, 2.24) is 15.4 Å². The maximum atomic E-state index is 10.7. The van der Waals surface area contributed by atoms with Gasteiger partial charge in [0, 0.05) is 0 Å². The van der Waals surface area contributed by atoms with Crippen molar-refractivity contribution in [1.29, 1.82) is 0 Å². The number of fused-ring (bicyclic) bond motifs is 1. The number of hydrogen-bond acceptors (Lipinski definition) is 7. The molecule has 0 atom stereocenters. The van der Waals surface area contributed by atoms with Crippen molar-refractivity contribution in [2.45, 2.75) is 0 Å². The number of nitrogens with zero attached hydrogens (tertiary/aromatic N) is 4. The number of rotatable bonds is 2. The quantitative estimate of drug-likeness (QED) is 0.423. The SMILES string of the molecule is Nc1c([N+](=O)[O-])cc([N+](=O)[O-])c2n[nH]nc12. The molecular formula is C6H4N6O4. The minimum absolute atomic E-state index is 0.0825. The second-order valence-electron chi connectivity index (χ2n) is 2.86. The number of H-pyrrole nitrogens is 1. The maximum absolute atomic E-state index is 10.7. The molecule has 1 aromatic carbocycles. The molecule has 2 rings (SSSR count). The smallest absolute Gasteiger partial charge is 0.306 e. The number of nitro groups is 2. The van der Waals surface area contributed by atoms with Crippen LogP contribution in [-0.4, -0.2) is 25.3 Å². The van der Waals surface area contributed by atoms with E-state index < -0.39 is 21.2 Å². The van der Waals surface area contributed by atoms with Crippen LogP contribution in [0, 0.1) is 20.2 Å². The van der Waals surface area contributed by atoms with Crippen LogP contribution in [0.5, 0.6) is 0 Å². The molecule has 0 aliphatic heterocycles. The molecule has 0 amide bonds. The van der Waals surface area contributed by atoms with Crippen molar-refractivity contribution >= 4 is 28.1 Å². The van der Waals surface area contributed by atoms with Gasteiger partial charge in [-0.05, 0) is 0 Å². The van der Waals surface area contributed by atoms with E-state index in [1.54, 1.807) is 0 Å². The molecule has 10 nitrogen and oxygen atoms in total. The number of nitrogen functional groups attached to an aromatic ring is 1. The van der Waals surface area contributed by atoms with Crippen molar-refractivity contribution in [2.24, 2.45) is 0 Å². The van der Waals surface area contributed by atoms with E-state index in [4.69, 9.17) is 5.73 Å². The first-order valence-corrected chi connectivity index (χ1v) is 3.94. The summed E-state index contributed by atoms with van der Waals surface area (Å²) in [5.41, 5.74) is 3.94. The Kier molecular flexibility index (Phi) is 1.90. The minimum Gasteiger partial charge on any atom is -0.391 e. The van der Waals surface area contributed by atoms with Gasteiger partial charge in [-0.3, -0.25) is 20.2 Å². The Bertz CT molecular complexity index is 604. The molecule has 0 radical (unpaired) electrons. The molecule has 0 saturated carbocycles. The van der Waals surface area contributed by atoms with Crippen molar-refractivity contribution in [2.75, 3.05) is 5.73 Å². The number of nitrogens with two attached hydrogens (primary N) is 1. The van der Waals surface area contributed by atoms with E-state index >= 15 is 0 Å². The molecule has 10 heteroatoms. The van der Waals surface area contributed by atoms with Gasteiger partial charge < -0.3 is 5.73 Å². The number of nitrogens with one attached hydrogen (secondary N) is 1. The molecule has 3 N–H and O–H groups in total. The van der Waals surface area contributed by atoms with E-state index in [-0.39, 0.29) is 16.7 Å². The maximum Gasteiger partial charge on any atom is 0.306 e. The lowest BCUT2D eigenvalue weighted by Gasteiger charge is -1.97. The van der Waals surface area contributed by atoms with Gasteiger partial charge in [0.05, 0.1) is 15.9 Å². The van der Waals surface area contributed by atoms with E-state index in [0.717, 1.165) is 6.07 Å². The van der Waals surface area contributed by atoms with Crippen LogP contribution in [0.3, 0.4) is 0 Å². The molecule has 0 spiro atoms. The summed E-state index contributed by atoms with van der Waals surface area (Å²) in [6.07, 6.45) is 0. The number of aromatic nitrogens is 3. The van der Waals surface area contributed by atoms with Crippen molar-refractivity contribution in [3.8, 4) is 0 Å². The van der Waals surface area contributed by atoms with Gasteiger partial charge in [0.1, 0.15) is 11.2 Å². The van der Waals surface area contributed by atoms with Gasteiger partial charge in [-0.2, -0.15) is 10.3 Å². The monoisotopic (exact) mass is 224 g/mol. The molecule has 0 bridgehead atoms. The number of nitro benzene ring substituents is 2. The van der Waals surface area contributed by atoms with Crippen molar-refractivity contribution in [3.63, 3.8) is 0 Å². The zero-order chi connectivity index (χ0) is 11.9. The van der Waals surface area contributed by atoms with E-state index in [1.807, 2.05) is 0 Å². The Morgan fingerprint density at radius 3 is 2.25 bits per heavy atom. The van der Waals surface area contributed by atoms with Crippen LogP contribution in [0.4, 0.5) is 17.1 Å². The van der Waals surface area contributed by atoms with Crippen LogP contribution in [0.25, 0.3) is 11.0 Å². The third-order valence-electron chi connectivity index (χ3n) is 1.99. The fraction of sp³-hybridized carbons (Fsp3) is 0. The average molecular weight is 224 g/mol. The number of hydrogen-bond donors (Lipinski definition) is 2. The van der Waals surface area contributed by atoms with Crippen molar-refractivity contribution in [3.05, 3.63) is 26.3 Å². The standard InChI is InChI=1S/C6H4N6O4/c7-4-2(11(13)14)1-3(12(15)16)5-6(4)9-10-8-5/h1H,7H2,(H,8,9,10). The van der Waals surface area contributed by atoms with E-state index in [9.17, 15) is 20.2 Å². The summed E-state index contributed by atoms with van der Waals surface area (Å²) in [5.74, 6) is 0. The average Bonchev–Trinajstić information content (AvgIpc) is 2.66. The summed E-state index contributed by atoms with van der Waals surface area (Å²) in [5, 5.41) is 30.5. The lowest BCUT2D eigenvalue weighted by Crippen LogP contribution is -1.99. The number of aromatic amines is 1. The lowest BCUT2D eigenvalue weighted by molar-refractivity contribution is -0.392. The van der Waals surface area contributed by atoms with E-state index in [0.29, 0.717) is 0 Å². The van der Waals surface area contributed by atoms with Gasteiger partial charge in [0.2, 0.25) is 0 Å². The molecule has 0 unspecified atom stereocenters. The Balaban J connectivity index is 2.90. The fourth-order valence-electron chi connectivity index (χ4n) is 1.28. The molecule has 16 heavy (non-hydrogen) atoms. The molecule has 82 valence electrons. The first kappa shape index (κ1) is 9.76. The van der Waals surface area contributed by atoms with E-state index in [1.165, 1.54) is 0 Å². The molecule has 1 heterocycles. The molecular weight excluding hydrogens is 220 g/mol. The minimum atomic E-state index is -0.809. The molecule has 0 fully saturated rings. The summed E-state index contributed by atoms with van der Waals surface area (Å²) in [6, 6.07) is 0.764. The molecule has 0 aliphatic rings. The van der Waals surface area contributed by atoms with Crippen LogP contribution in [0.15, 0.2) is 6.07 Å². The van der Waals surface area contributed by atoms with Crippen LogP contribution in [0.2, 0.25) is 0 Å². The number of anilines is 1. The largest absolute Gasteiger partial charge is 0.391 e. The van der Waals surface area contributed by atoms with Crippen LogP contribution in [0.1, 0.15) is 0 Å². The second kappa shape index (κ2) is 3.12. The fourth-order valence-corrected chi connectivity index (χ4v) is 1.28. The normalized spacial score (nSPS) is 10.5. The highest BCUT2D eigenvalue weighted by Gasteiger charge is 2.26. The zero-order valence-electron chi connectivity index (χ0n) is 7.58. The first-order chi connectivity index (χ1) is 7.52. The van der Waals surface area contributed by atoms with Gasteiger partial charge in [-0.1, -0.05) is 0 Å². The highest BCUT2D eigenvalue weighted by atomic mass is 16.6. The second-order valence-corrected chi connectivity index (χ2v) is 2.86. The van der Waals surface area contributed by atoms with Gasteiger partial charge in [-0.25, -0.2) is 0 Å². The Morgan fingerprint density at radius 2 is 1.69 bits per heavy atom. The third-order valence-corrected chi connectivity index (χ3v) is 1.99. The molecule has 0 aliphatic carbocycles. The van der Waals surface area contributed by atoms with Crippen molar-refractivity contribution < 1.29 is 9.85 Å². The Labute approximate surface area is 86.3 Å². The molecule has 0 saturated heterocycles. The Hall–Kier alpha value is -2.78. The zero-order valence-corrected chi connectivity index (χ0v) is 7.58. The lowest BCUT2D eigenvalue weighted by atomic mass is 10.2. The van der Waals surface area contributed by atoms with Crippen LogP contribution >= 0.6 is 0 Å². The molecule has 2 aromatic rings. The van der Waals surface area contributed by atoms with E-state index in [2.05, 4.69) is 15.4 Å². The first-order valence-electron chi connectivity index (χ1n) is 3.94. The number of benzene rings is 1. The molecule has 1 aromatic heterocycles. The van der Waals surface area contributed by atoms with Gasteiger partial charge in [-0.15, -0.1) is 5.10 Å². The summed E-state index contributed by atoms with van der Waals surface area (Å²) in [4.78, 5) is 19.7. The Morgan fingerprint density at radius 1 is 1.12 bits per heavy atom. The van der Waals surface area contributed by atoms with Gasteiger partial charge in [0.25, 0.3) is 0 Å². The summed E-state index contributed by atoms with van der Waals surface area (Å²) < 4.78 is 0. The van der Waals surface area contributed by atoms with Gasteiger partial charge >= 0.3 is 11.4 Å². The highest BCUT2D eigenvalue weighted by Crippen LogP contribution is 2.34. The summed E-state index contributed by atoms with van der Waals surface area (Å²) in [7, 11) is 0. The predicted octanol–water partition coefficient (Wildman–Crippen LogP) is 0.356. The highest BCUT2D eigenvalue weighted by molar-refractivity contribution is 5.97. The van der Waals surface area contributed by atoms with Crippen LogP contribution in [-0.2, 0) is 0 Å². The van der Waals surface area contributed by atoms with Crippen LogP contribution < -0.4 is 5.73 Å². The summed E-state index contributed by atoms with van der Waals surface area (Å²) >= 11 is 0. The topological polar surface area (TPSA) is 154 Å². The van der Waals surface area contributed by atoms with Gasteiger partial charge in [0.15, 0.2) is 5.52 Å². The third kappa shape index (κ3) is 1.20. The predicted molar refractivity (Wildman–Crippen MR) is 51.6 cm³/mol. The number of non-ortho nitro benzene ring substituents is 1.